The average Bonchev–Trinajstić information content (AvgIpc) is 2.44. The summed E-state index contributed by atoms with van der Waals surface area (Å²) in [7, 11) is 0. The summed E-state index contributed by atoms with van der Waals surface area (Å²) in [4.78, 5) is 11.8. The SMILES string of the molecule is CCOc1ccccc1NCC(=O)NC(CC)CC. The largest absolute Gasteiger partial charge is 0.492 e. The van der Waals surface area contributed by atoms with Gasteiger partial charge in [0.05, 0.1) is 18.8 Å². The molecule has 1 rings (SSSR count). The highest BCUT2D eigenvalue weighted by Crippen LogP contribution is 2.23. The lowest BCUT2D eigenvalue weighted by Gasteiger charge is -2.16. The third kappa shape index (κ3) is 5.20. The van der Waals surface area contributed by atoms with Gasteiger partial charge < -0.3 is 15.4 Å². The number of amides is 1. The van der Waals surface area contributed by atoms with Gasteiger partial charge in [0.2, 0.25) is 5.91 Å². The zero-order valence-electron chi connectivity index (χ0n) is 12.0. The Morgan fingerprint density at radius 2 is 1.89 bits per heavy atom. The number of anilines is 1. The van der Waals surface area contributed by atoms with Crippen LogP contribution in [0.2, 0.25) is 0 Å². The van der Waals surface area contributed by atoms with E-state index in [1.54, 1.807) is 0 Å². The van der Waals surface area contributed by atoms with Gasteiger partial charge in [-0.3, -0.25) is 4.79 Å². The first-order valence-corrected chi connectivity index (χ1v) is 6.96. The Morgan fingerprint density at radius 3 is 2.53 bits per heavy atom. The van der Waals surface area contributed by atoms with Crippen LogP contribution in [0.15, 0.2) is 24.3 Å². The van der Waals surface area contributed by atoms with E-state index in [2.05, 4.69) is 24.5 Å². The number of carbonyl (C=O) groups excluding carboxylic acids is 1. The molecule has 1 amide bonds. The summed E-state index contributed by atoms with van der Waals surface area (Å²) < 4.78 is 5.50. The van der Waals surface area contributed by atoms with Crippen LogP contribution in [-0.4, -0.2) is 25.1 Å². The summed E-state index contributed by atoms with van der Waals surface area (Å²) in [5, 5.41) is 6.11. The van der Waals surface area contributed by atoms with Crippen molar-refractivity contribution in [3.63, 3.8) is 0 Å². The zero-order chi connectivity index (χ0) is 14.1. The number of para-hydroxylation sites is 2. The topological polar surface area (TPSA) is 50.4 Å². The molecule has 1 aromatic rings. The van der Waals surface area contributed by atoms with E-state index in [0.717, 1.165) is 24.3 Å². The van der Waals surface area contributed by atoms with Crippen molar-refractivity contribution in [2.75, 3.05) is 18.5 Å². The van der Waals surface area contributed by atoms with E-state index in [1.807, 2.05) is 31.2 Å². The molecule has 0 aromatic heterocycles. The minimum absolute atomic E-state index is 0.0139. The molecule has 2 N–H and O–H groups in total. The van der Waals surface area contributed by atoms with Gasteiger partial charge in [-0.25, -0.2) is 0 Å². The molecule has 0 unspecified atom stereocenters. The van der Waals surface area contributed by atoms with Gasteiger partial charge in [0.15, 0.2) is 0 Å². The van der Waals surface area contributed by atoms with Crippen LogP contribution in [0.1, 0.15) is 33.6 Å². The average molecular weight is 264 g/mol. The Balaban J connectivity index is 2.50. The minimum atomic E-state index is 0.0139. The quantitative estimate of drug-likeness (QED) is 0.759. The molecule has 0 atom stereocenters. The van der Waals surface area contributed by atoms with Crippen molar-refractivity contribution in [1.29, 1.82) is 0 Å². The Morgan fingerprint density at radius 1 is 1.21 bits per heavy atom. The van der Waals surface area contributed by atoms with Crippen molar-refractivity contribution in [2.24, 2.45) is 0 Å². The first-order valence-electron chi connectivity index (χ1n) is 6.96. The van der Waals surface area contributed by atoms with Crippen LogP contribution in [0.4, 0.5) is 5.69 Å². The van der Waals surface area contributed by atoms with Crippen molar-refractivity contribution in [3.8, 4) is 5.75 Å². The van der Waals surface area contributed by atoms with Crippen molar-refractivity contribution < 1.29 is 9.53 Å². The molecule has 0 fully saturated rings. The second-order valence-corrected chi connectivity index (χ2v) is 4.36. The first-order chi connectivity index (χ1) is 9.21. The molecule has 4 heteroatoms. The Kier molecular flexibility index (Phi) is 6.79. The van der Waals surface area contributed by atoms with Gasteiger partial charge in [-0.05, 0) is 31.9 Å². The maximum atomic E-state index is 11.8. The maximum absolute atomic E-state index is 11.8. The molecular formula is C15H24N2O2. The molecule has 1 aromatic carbocycles. The fourth-order valence-electron chi connectivity index (χ4n) is 1.84. The lowest BCUT2D eigenvalue weighted by Crippen LogP contribution is -2.37. The number of carbonyl (C=O) groups is 1. The van der Waals surface area contributed by atoms with Crippen LogP contribution in [-0.2, 0) is 4.79 Å². The van der Waals surface area contributed by atoms with E-state index in [-0.39, 0.29) is 18.5 Å². The zero-order valence-corrected chi connectivity index (χ0v) is 12.0. The minimum Gasteiger partial charge on any atom is -0.492 e. The number of benzene rings is 1. The van der Waals surface area contributed by atoms with Gasteiger partial charge in [0.25, 0.3) is 0 Å². The molecule has 19 heavy (non-hydrogen) atoms. The van der Waals surface area contributed by atoms with Crippen LogP contribution < -0.4 is 15.4 Å². The highest BCUT2D eigenvalue weighted by molar-refractivity contribution is 5.81. The van der Waals surface area contributed by atoms with E-state index >= 15 is 0 Å². The predicted octanol–water partition coefficient (Wildman–Crippen LogP) is 2.80. The van der Waals surface area contributed by atoms with Gasteiger partial charge in [0.1, 0.15) is 5.75 Å². The Hall–Kier alpha value is -1.71. The fourth-order valence-corrected chi connectivity index (χ4v) is 1.84. The van der Waals surface area contributed by atoms with E-state index in [1.165, 1.54) is 0 Å². The Labute approximate surface area is 115 Å². The van der Waals surface area contributed by atoms with Gasteiger partial charge >= 0.3 is 0 Å². The predicted molar refractivity (Wildman–Crippen MR) is 78.6 cm³/mol. The second kappa shape index (κ2) is 8.40. The van der Waals surface area contributed by atoms with Gasteiger partial charge in [-0.2, -0.15) is 0 Å². The number of ether oxygens (including phenoxy) is 1. The summed E-state index contributed by atoms with van der Waals surface area (Å²) >= 11 is 0. The normalized spacial score (nSPS) is 10.3. The third-order valence-corrected chi connectivity index (χ3v) is 2.98. The van der Waals surface area contributed by atoms with Gasteiger partial charge in [-0.15, -0.1) is 0 Å². The monoisotopic (exact) mass is 264 g/mol. The third-order valence-electron chi connectivity index (χ3n) is 2.98. The van der Waals surface area contributed by atoms with Crippen molar-refractivity contribution in [3.05, 3.63) is 24.3 Å². The van der Waals surface area contributed by atoms with Crippen molar-refractivity contribution in [2.45, 2.75) is 39.7 Å². The summed E-state index contributed by atoms with van der Waals surface area (Å²) in [6.45, 7) is 6.97. The van der Waals surface area contributed by atoms with E-state index < -0.39 is 0 Å². The van der Waals surface area contributed by atoms with Crippen molar-refractivity contribution >= 4 is 11.6 Å². The van der Waals surface area contributed by atoms with E-state index in [9.17, 15) is 4.79 Å². The van der Waals surface area contributed by atoms with Crippen LogP contribution in [0.5, 0.6) is 5.75 Å². The molecule has 0 aliphatic rings. The lowest BCUT2D eigenvalue weighted by molar-refractivity contribution is -0.120. The maximum Gasteiger partial charge on any atom is 0.239 e. The second-order valence-electron chi connectivity index (χ2n) is 4.36. The molecule has 106 valence electrons. The molecule has 0 radical (unpaired) electrons. The van der Waals surface area contributed by atoms with E-state index in [0.29, 0.717) is 6.61 Å². The molecule has 0 saturated heterocycles. The van der Waals surface area contributed by atoms with Crippen LogP contribution in [0.25, 0.3) is 0 Å². The van der Waals surface area contributed by atoms with Gasteiger partial charge in [0, 0.05) is 6.04 Å². The number of hydrogen-bond donors (Lipinski definition) is 2. The van der Waals surface area contributed by atoms with Gasteiger partial charge in [-0.1, -0.05) is 26.0 Å². The summed E-state index contributed by atoms with van der Waals surface area (Å²) in [5.41, 5.74) is 0.851. The molecular weight excluding hydrogens is 240 g/mol. The van der Waals surface area contributed by atoms with Crippen molar-refractivity contribution in [1.82, 2.24) is 5.32 Å². The molecule has 0 aliphatic heterocycles. The first kappa shape index (κ1) is 15.3. The number of rotatable bonds is 8. The summed E-state index contributed by atoms with van der Waals surface area (Å²) in [6, 6.07) is 7.90. The van der Waals surface area contributed by atoms with E-state index in [4.69, 9.17) is 4.74 Å². The lowest BCUT2D eigenvalue weighted by atomic mass is 10.2. The smallest absolute Gasteiger partial charge is 0.239 e. The Bertz CT molecular complexity index is 389. The molecule has 4 nitrogen and oxygen atoms in total. The molecule has 0 bridgehead atoms. The molecule has 0 saturated carbocycles. The highest BCUT2D eigenvalue weighted by Gasteiger charge is 2.09. The van der Waals surface area contributed by atoms with Crippen LogP contribution in [0, 0.1) is 0 Å². The standard InChI is InChI=1S/C15H24N2O2/c1-4-12(5-2)17-15(18)11-16-13-9-7-8-10-14(13)19-6-3/h7-10,12,16H,4-6,11H2,1-3H3,(H,17,18). The van der Waals surface area contributed by atoms with Crippen LogP contribution >= 0.6 is 0 Å². The summed E-state index contributed by atoms with van der Waals surface area (Å²) in [6.07, 6.45) is 1.91. The molecule has 0 heterocycles. The molecule has 0 aliphatic carbocycles. The summed E-state index contributed by atoms with van der Waals surface area (Å²) in [5.74, 6) is 0.792. The molecule has 0 spiro atoms. The van der Waals surface area contributed by atoms with Crippen LogP contribution in [0.3, 0.4) is 0 Å². The number of hydrogen-bond acceptors (Lipinski definition) is 3. The number of nitrogens with one attached hydrogen (secondary N) is 2. The fraction of sp³-hybridized carbons (Fsp3) is 0.533. The highest BCUT2D eigenvalue weighted by atomic mass is 16.5.